The van der Waals surface area contributed by atoms with Crippen LogP contribution < -0.4 is 14.8 Å². The molecule has 0 spiro atoms. The van der Waals surface area contributed by atoms with Crippen LogP contribution in [0.1, 0.15) is 39.7 Å². The summed E-state index contributed by atoms with van der Waals surface area (Å²) >= 11 is 9.37. The quantitative estimate of drug-likeness (QED) is 0.488. The minimum absolute atomic E-state index is 0.205. The number of ether oxygens (including phenoxy) is 2. The van der Waals surface area contributed by atoms with Gasteiger partial charge in [-0.2, -0.15) is 0 Å². The number of benzene rings is 2. The standard InChI is InChI=1S/C24H30BrClN2O4/c1-6-20(23(30)27-24(2,3)4)28(14-16-8-7-9-18(12-16)31-5)22(29)15-32-21-11-10-17(26)13-19(21)25/h7-13,20H,6,14-15H2,1-5H3,(H,27,30)/t20-/m1/s1. The molecule has 0 bridgehead atoms. The predicted molar refractivity (Wildman–Crippen MR) is 130 cm³/mol. The van der Waals surface area contributed by atoms with Crippen LogP contribution in [0, 0.1) is 0 Å². The van der Waals surface area contributed by atoms with Crippen molar-refractivity contribution in [2.24, 2.45) is 0 Å². The van der Waals surface area contributed by atoms with Gasteiger partial charge in [0.25, 0.3) is 5.91 Å². The second-order valence-electron chi connectivity index (χ2n) is 8.40. The van der Waals surface area contributed by atoms with Crippen LogP contribution in [0.25, 0.3) is 0 Å². The Morgan fingerprint density at radius 1 is 1.19 bits per heavy atom. The Kier molecular flexibility index (Phi) is 9.40. The highest BCUT2D eigenvalue weighted by Gasteiger charge is 2.31. The van der Waals surface area contributed by atoms with Gasteiger partial charge in [0, 0.05) is 17.1 Å². The van der Waals surface area contributed by atoms with Crippen LogP contribution in [-0.4, -0.2) is 42.0 Å². The zero-order valence-corrected chi connectivity index (χ0v) is 21.4. The maximum atomic E-state index is 13.3. The Morgan fingerprint density at radius 3 is 2.50 bits per heavy atom. The Bertz CT molecular complexity index is 946. The number of nitrogens with zero attached hydrogens (tertiary/aromatic N) is 1. The first kappa shape index (κ1) is 26.0. The van der Waals surface area contributed by atoms with Crippen LogP contribution in [0.3, 0.4) is 0 Å². The van der Waals surface area contributed by atoms with E-state index < -0.39 is 11.6 Å². The van der Waals surface area contributed by atoms with Gasteiger partial charge in [-0.1, -0.05) is 30.7 Å². The number of hydrogen-bond donors (Lipinski definition) is 1. The second kappa shape index (κ2) is 11.6. The fourth-order valence-electron chi connectivity index (χ4n) is 3.15. The fraction of sp³-hybridized carbons (Fsp3) is 0.417. The van der Waals surface area contributed by atoms with Crippen LogP contribution in [0.5, 0.6) is 11.5 Å². The van der Waals surface area contributed by atoms with E-state index in [9.17, 15) is 9.59 Å². The molecule has 2 amide bonds. The van der Waals surface area contributed by atoms with Crippen molar-refractivity contribution in [3.8, 4) is 11.5 Å². The average molecular weight is 526 g/mol. The summed E-state index contributed by atoms with van der Waals surface area (Å²) in [7, 11) is 1.59. The third-order valence-corrected chi connectivity index (χ3v) is 5.47. The summed E-state index contributed by atoms with van der Waals surface area (Å²) in [5, 5.41) is 3.54. The predicted octanol–water partition coefficient (Wildman–Crippen LogP) is 5.21. The lowest BCUT2D eigenvalue weighted by Gasteiger charge is -2.33. The molecule has 0 aliphatic heterocycles. The Morgan fingerprint density at radius 2 is 1.91 bits per heavy atom. The van der Waals surface area contributed by atoms with E-state index in [1.807, 2.05) is 52.0 Å². The van der Waals surface area contributed by atoms with Gasteiger partial charge in [0.05, 0.1) is 11.6 Å². The molecule has 2 aromatic rings. The number of rotatable bonds is 9. The van der Waals surface area contributed by atoms with Crippen molar-refractivity contribution < 1.29 is 19.1 Å². The van der Waals surface area contributed by atoms with Crippen LogP contribution in [0.15, 0.2) is 46.9 Å². The first-order valence-electron chi connectivity index (χ1n) is 10.4. The number of carbonyl (C=O) groups excluding carboxylic acids is 2. The summed E-state index contributed by atoms with van der Waals surface area (Å²) in [4.78, 5) is 27.8. The van der Waals surface area contributed by atoms with Gasteiger partial charge in [-0.25, -0.2) is 0 Å². The highest BCUT2D eigenvalue weighted by molar-refractivity contribution is 9.10. The lowest BCUT2D eigenvalue weighted by atomic mass is 10.1. The van der Waals surface area contributed by atoms with Gasteiger partial charge in [-0.3, -0.25) is 9.59 Å². The lowest BCUT2D eigenvalue weighted by Crippen LogP contribution is -2.54. The third kappa shape index (κ3) is 7.71. The molecule has 1 N–H and O–H groups in total. The number of hydrogen-bond acceptors (Lipinski definition) is 4. The first-order valence-corrected chi connectivity index (χ1v) is 11.5. The molecule has 1 atom stereocenters. The number of nitrogens with one attached hydrogen (secondary N) is 1. The van der Waals surface area contributed by atoms with E-state index in [4.69, 9.17) is 21.1 Å². The van der Waals surface area contributed by atoms with Gasteiger partial charge >= 0.3 is 0 Å². The zero-order valence-electron chi connectivity index (χ0n) is 19.1. The smallest absolute Gasteiger partial charge is 0.261 e. The van der Waals surface area contributed by atoms with E-state index in [1.165, 1.54) is 0 Å². The van der Waals surface area contributed by atoms with E-state index in [-0.39, 0.29) is 25.0 Å². The molecule has 0 radical (unpaired) electrons. The molecule has 6 nitrogen and oxygen atoms in total. The van der Waals surface area contributed by atoms with Crippen molar-refractivity contribution in [3.63, 3.8) is 0 Å². The molecule has 0 aliphatic rings. The zero-order chi connectivity index (χ0) is 23.9. The normalized spacial score (nSPS) is 12.1. The van der Waals surface area contributed by atoms with Crippen molar-refractivity contribution >= 4 is 39.3 Å². The first-order chi connectivity index (χ1) is 15.0. The number of amides is 2. The van der Waals surface area contributed by atoms with E-state index >= 15 is 0 Å². The van der Waals surface area contributed by atoms with Gasteiger partial charge in [0.15, 0.2) is 6.61 Å². The van der Waals surface area contributed by atoms with Crippen molar-refractivity contribution in [2.75, 3.05) is 13.7 Å². The highest BCUT2D eigenvalue weighted by Crippen LogP contribution is 2.28. The Labute approximate surface area is 203 Å². The summed E-state index contributed by atoms with van der Waals surface area (Å²) in [5.41, 5.74) is 0.437. The molecular weight excluding hydrogens is 496 g/mol. The van der Waals surface area contributed by atoms with Crippen molar-refractivity contribution in [1.82, 2.24) is 10.2 Å². The van der Waals surface area contributed by atoms with Crippen LogP contribution in [0.2, 0.25) is 5.02 Å². The molecule has 0 aliphatic carbocycles. The maximum Gasteiger partial charge on any atom is 0.261 e. The molecule has 32 heavy (non-hydrogen) atoms. The van der Waals surface area contributed by atoms with E-state index in [0.717, 1.165) is 5.56 Å². The molecule has 8 heteroatoms. The summed E-state index contributed by atoms with van der Waals surface area (Å²) in [5.74, 6) is 0.675. The van der Waals surface area contributed by atoms with Gasteiger partial charge in [0.2, 0.25) is 5.91 Å². The van der Waals surface area contributed by atoms with E-state index in [2.05, 4.69) is 21.2 Å². The van der Waals surface area contributed by atoms with Gasteiger partial charge < -0.3 is 19.7 Å². The molecule has 2 rings (SSSR count). The van der Waals surface area contributed by atoms with Gasteiger partial charge in [-0.15, -0.1) is 0 Å². The molecule has 0 aromatic heterocycles. The van der Waals surface area contributed by atoms with Gasteiger partial charge in [-0.05, 0) is 79.0 Å². The van der Waals surface area contributed by atoms with Crippen LogP contribution >= 0.6 is 27.5 Å². The van der Waals surface area contributed by atoms with Crippen molar-refractivity contribution in [1.29, 1.82) is 0 Å². The number of halogens is 2. The fourth-order valence-corrected chi connectivity index (χ4v) is 3.95. The molecule has 174 valence electrons. The molecule has 0 fully saturated rings. The monoisotopic (exact) mass is 524 g/mol. The Hall–Kier alpha value is -2.25. The molecule has 0 heterocycles. The molecule has 0 unspecified atom stereocenters. The molecular formula is C24H30BrClN2O4. The maximum absolute atomic E-state index is 13.3. The van der Waals surface area contributed by atoms with Crippen molar-refractivity contribution in [3.05, 3.63) is 57.5 Å². The minimum Gasteiger partial charge on any atom is -0.497 e. The second-order valence-corrected chi connectivity index (χ2v) is 9.69. The molecule has 0 saturated carbocycles. The minimum atomic E-state index is -0.648. The summed E-state index contributed by atoms with van der Waals surface area (Å²) in [6.45, 7) is 7.64. The molecule has 0 saturated heterocycles. The SMILES string of the molecule is CC[C@H](C(=O)NC(C)(C)C)N(Cc1cccc(OC)c1)C(=O)COc1ccc(Cl)cc1Br. The molecule has 2 aromatic carbocycles. The largest absolute Gasteiger partial charge is 0.497 e. The van der Waals surface area contributed by atoms with E-state index in [0.29, 0.717) is 27.4 Å². The Balaban J connectivity index is 2.28. The average Bonchev–Trinajstić information content (AvgIpc) is 2.71. The number of methoxy groups -OCH3 is 1. The van der Waals surface area contributed by atoms with Crippen molar-refractivity contribution in [2.45, 2.75) is 52.2 Å². The third-order valence-electron chi connectivity index (χ3n) is 4.62. The van der Waals surface area contributed by atoms with E-state index in [1.54, 1.807) is 30.2 Å². The summed E-state index contributed by atoms with van der Waals surface area (Å²) in [6, 6.07) is 11.9. The highest BCUT2D eigenvalue weighted by atomic mass is 79.9. The summed E-state index contributed by atoms with van der Waals surface area (Å²) in [6.07, 6.45) is 0.461. The van der Waals surface area contributed by atoms with Crippen LogP contribution in [-0.2, 0) is 16.1 Å². The lowest BCUT2D eigenvalue weighted by molar-refractivity contribution is -0.143. The topological polar surface area (TPSA) is 67.9 Å². The van der Waals surface area contributed by atoms with Crippen LogP contribution in [0.4, 0.5) is 0 Å². The number of carbonyl (C=O) groups is 2. The van der Waals surface area contributed by atoms with Gasteiger partial charge in [0.1, 0.15) is 17.5 Å². The summed E-state index contributed by atoms with van der Waals surface area (Å²) < 4.78 is 11.7.